The summed E-state index contributed by atoms with van der Waals surface area (Å²) in [5, 5.41) is 7.14. The summed E-state index contributed by atoms with van der Waals surface area (Å²) in [7, 11) is 1.42. The summed E-state index contributed by atoms with van der Waals surface area (Å²) in [6.07, 6.45) is 1.38. The van der Waals surface area contributed by atoms with E-state index in [1.807, 2.05) is 0 Å². The minimum absolute atomic E-state index is 0.000278. The van der Waals surface area contributed by atoms with Gasteiger partial charge in [-0.05, 0) is 0 Å². The molecule has 56 valence electrons. The van der Waals surface area contributed by atoms with E-state index >= 15 is 0 Å². The molecule has 0 spiro atoms. The van der Waals surface area contributed by atoms with Crippen LogP contribution in [0.15, 0.2) is 12.0 Å². The summed E-state index contributed by atoms with van der Waals surface area (Å²) >= 11 is 0. The van der Waals surface area contributed by atoms with Crippen molar-refractivity contribution in [3.8, 4) is 0 Å². The molecule has 0 fully saturated rings. The van der Waals surface area contributed by atoms with Crippen LogP contribution in [0, 0.1) is 5.41 Å². The van der Waals surface area contributed by atoms with E-state index in [0.717, 1.165) is 0 Å². The molecule has 0 radical (unpaired) electrons. The predicted octanol–water partition coefficient (Wildman–Crippen LogP) is 0.498. The van der Waals surface area contributed by atoms with Crippen LogP contribution in [0.2, 0.25) is 0 Å². The maximum absolute atomic E-state index is 7.14. The second kappa shape index (κ2) is 3.10. The Morgan fingerprint density at radius 2 is 2.50 bits per heavy atom. The van der Waals surface area contributed by atoms with E-state index in [1.54, 1.807) is 0 Å². The van der Waals surface area contributed by atoms with Crippen LogP contribution in [-0.4, -0.2) is 26.2 Å². The fourth-order valence-electron chi connectivity index (χ4n) is 0.588. The smallest absolute Gasteiger partial charge is 0.252 e. The van der Waals surface area contributed by atoms with Gasteiger partial charge < -0.3 is 14.2 Å². The molecular formula is C6H9NO3. The third kappa shape index (κ3) is 1.40. The summed E-state index contributed by atoms with van der Waals surface area (Å²) < 4.78 is 14.5. The van der Waals surface area contributed by atoms with E-state index in [0.29, 0.717) is 19.0 Å². The quantitative estimate of drug-likeness (QED) is 0.429. The van der Waals surface area contributed by atoms with Crippen molar-refractivity contribution in [2.75, 3.05) is 20.3 Å². The lowest BCUT2D eigenvalue weighted by molar-refractivity contribution is 0.0905. The van der Waals surface area contributed by atoms with Crippen LogP contribution in [0.3, 0.4) is 0 Å². The summed E-state index contributed by atoms with van der Waals surface area (Å²) in [6, 6.07) is 0. The number of hydrogen-bond acceptors (Lipinski definition) is 4. The van der Waals surface area contributed by atoms with Gasteiger partial charge in [0.25, 0.3) is 5.90 Å². The highest BCUT2D eigenvalue weighted by molar-refractivity contribution is 5.88. The van der Waals surface area contributed by atoms with Crippen molar-refractivity contribution >= 4 is 5.90 Å². The van der Waals surface area contributed by atoms with E-state index in [2.05, 4.69) is 4.74 Å². The molecule has 0 saturated heterocycles. The SMILES string of the molecule is COC(=N)C1=COCCO1. The number of nitrogens with one attached hydrogen (secondary N) is 1. The Labute approximate surface area is 58.9 Å². The first-order valence-corrected chi connectivity index (χ1v) is 2.92. The molecule has 0 aromatic rings. The Balaban J connectivity index is 2.53. The van der Waals surface area contributed by atoms with Crippen molar-refractivity contribution in [3.05, 3.63) is 12.0 Å². The monoisotopic (exact) mass is 143 g/mol. The van der Waals surface area contributed by atoms with Crippen LogP contribution in [0.5, 0.6) is 0 Å². The van der Waals surface area contributed by atoms with Crippen molar-refractivity contribution in [2.24, 2.45) is 0 Å². The average molecular weight is 143 g/mol. The molecule has 0 aliphatic carbocycles. The molecule has 0 atom stereocenters. The van der Waals surface area contributed by atoms with Crippen LogP contribution < -0.4 is 0 Å². The zero-order valence-electron chi connectivity index (χ0n) is 5.72. The van der Waals surface area contributed by atoms with Gasteiger partial charge in [-0.2, -0.15) is 0 Å². The van der Waals surface area contributed by atoms with Crippen LogP contribution in [0.1, 0.15) is 0 Å². The third-order valence-electron chi connectivity index (χ3n) is 1.08. The van der Waals surface area contributed by atoms with Gasteiger partial charge in [0.15, 0.2) is 0 Å². The van der Waals surface area contributed by atoms with Gasteiger partial charge >= 0.3 is 0 Å². The molecule has 0 amide bonds. The van der Waals surface area contributed by atoms with Gasteiger partial charge in [-0.25, -0.2) is 0 Å². The van der Waals surface area contributed by atoms with Gasteiger partial charge in [0.1, 0.15) is 19.5 Å². The maximum atomic E-state index is 7.14. The molecule has 4 nitrogen and oxygen atoms in total. The number of ether oxygens (including phenoxy) is 3. The topological polar surface area (TPSA) is 51.5 Å². The first-order chi connectivity index (χ1) is 4.84. The second-order valence-electron chi connectivity index (χ2n) is 1.73. The maximum Gasteiger partial charge on any atom is 0.252 e. The number of rotatable bonds is 1. The van der Waals surface area contributed by atoms with Crippen LogP contribution in [-0.2, 0) is 14.2 Å². The van der Waals surface area contributed by atoms with Crippen molar-refractivity contribution in [1.82, 2.24) is 0 Å². The van der Waals surface area contributed by atoms with E-state index in [9.17, 15) is 0 Å². The minimum Gasteiger partial charge on any atom is -0.494 e. The molecule has 4 heteroatoms. The van der Waals surface area contributed by atoms with Crippen LogP contribution in [0.25, 0.3) is 0 Å². The van der Waals surface area contributed by atoms with Gasteiger partial charge in [0, 0.05) is 0 Å². The summed E-state index contributed by atoms with van der Waals surface area (Å²) in [5.74, 6) is 0.355. The Morgan fingerprint density at radius 1 is 1.70 bits per heavy atom. The van der Waals surface area contributed by atoms with Gasteiger partial charge in [0.05, 0.1) is 7.11 Å². The Morgan fingerprint density at radius 3 is 3.00 bits per heavy atom. The standard InChI is InChI=1S/C6H9NO3/c1-8-6(7)5-4-9-2-3-10-5/h4,7H,2-3H2,1H3. The molecule has 0 unspecified atom stereocenters. The zero-order chi connectivity index (χ0) is 7.40. The van der Waals surface area contributed by atoms with Crippen molar-refractivity contribution in [3.63, 3.8) is 0 Å². The van der Waals surface area contributed by atoms with E-state index < -0.39 is 0 Å². The molecule has 1 aliphatic rings. The highest BCUT2D eigenvalue weighted by Crippen LogP contribution is 2.05. The summed E-state index contributed by atoms with van der Waals surface area (Å²) in [4.78, 5) is 0. The Kier molecular flexibility index (Phi) is 2.15. The fraction of sp³-hybridized carbons (Fsp3) is 0.500. The van der Waals surface area contributed by atoms with Crippen LogP contribution >= 0.6 is 0 Å². The fourth-order valence-corrected chi connectivity index (χ4v) is 0.588. The molecule has 0 bridgehead atoms. The number of hydrogen-bond donors (Lipinski definition) is 1. The number of methoxy groups -OCH3 is 1. The molecule has 10 heavy (non-hydrogen) atoms. The van der Waals surface area contributed by atoms with E-state index in [-0.39, 0.29) is 5.90 Å². The molecular weight excluding hydrogens is 134 g/mol. The Hall–Kier alpha value is -1.19. The first kappa shape index (κ1) is 6.92. The largest absolute Gasteiger partial charge is 0.494 e. The highest BCUT2D eigenvalue weighted by Gasteiger charge is 2.10. The van der Waals surface area contributed by atoms with Crippen LogP contribution in [0.4, 0.5) is 0 Å². The lowest BCUT2D eigenvalue weighted by Crippen LogP contribution is -2.15. The molecule has 0 aromatic carbocycles. The molecule has 1 rings (SSSR count). The highest BCUT2D eigenvalue weighted by atomic mass is 16.6. The second-order valence-corrected chi connectivity index (χ2v) is 1.73. The molecule has 1 N–H and O–H groups in total. The normalized spacial score (nSPS) is 16.3. The summed E-state index contributed by atoms with van der Waals surface area (Å²) in [6.45, 7) is 1.03. The molecule has 0 saturated carbocycles. The zero-order valence-corrected chi connectivity index (χ0v) is 5.72. The van der Waals surface area contributed by atoms with Crippen molar-refractivity contribution in [2.45, 2.75) is 0 Å². The van der Waals surface area contributed by atoms with E-state index in [1.165, 1.54) is 13.4 Å². The molecule has 1 heterocycles. The lowest BCUT2D eigenvalue weighted by atomic mass is 10.5. The molecule has 1 aliphatic heterocycles. The Bertz CT molecular complexity index is 164. The third-order valence-corrected chi connectivity index (χ3v) is 1.08. The van der Waals surface area contributed by atoms with Gasteiger partial charge in [-0.3, -0.25) is 5.41 Å². The van der Waals surface area contributed by atoms with E-state index in [4.69, 9.17) is 14.9 Å². The van der Waals surface area contributed by atoms with Gasteiger partial charge in [0.2, 0.25) is 5.76 Å². The van der Waals surface area contributed by atoms with Gasteiger partial charge in [-0.15, -0.1) is 0 Å². The van der Waals surface area contributed by atoms with Crippen molar-refractivity contribution < 1.29 is 14.2 Å². The average Bonchev–Trinajstić information content (AvgIpc) is 2.05. The lowest BCUT2D eigenvalue weighted by Gasteiger charge is -2.14. The first-order valence-electron chi connectivity index (χ1n) is 2.92. The van der Waals surface area contributed by atoms with Crippen molar-refractivity contribution in [1.29, 1.82) is 5.41 Å². The minimum atomic E-state index is -0.000278. The summed E-state index contributed by atoms with van der Waals surface area (Å²) in [5.41, 5.74) is 0. The molecule has 0 aromatic heterocycles. The predicted molar refractivity (Wildman–Crippen MR) is 34.7 cm³/mol. The van der Waals surface area contributed by atoms with Gasteiger partial charge in [-0.1, -0.05) is 0 Å².